The Hall–Kier alpha value is 1.77. The summed E-state index contributed by atoms with van der Waals surface area (Å²) in [7, 11) is 0. The van der Waals surface area contributed by atoms with Crippen molar-refractivity contribution in [2.45, 2.75) is 11.3 Å². The minimum atomic E-state index is -0.694. The molecular formula is C7H14O2S2Sn2. The first-order valence-corrected chi connectivity index (χ1v) is 14.3. The molecule has 0 aromatic carbocycles. The Labute approximate surface area is 110 Å². The molecule has 13 heavy (non-hydrogen) atoms. The molecule has 0 aliphatic rings. The first-order valence-electron chi connectivity index (χ1n) is 3.92. The van der Waals surface area contributed by atoms with Crippen LogP contribution in [-0.2, 0) is 4.79 Å². The fourth-order valence-corrected chi connectivity index (χ4v) is 13.2. The molecule has 0 bridgehead atoms. The van der Waals surface area contributed by atoms with Crippen molar-refractivity contribution in [2.75, 3.05) is 17.3 Å². The fraction of sp³-hybridized carbons (Fsp3) is 0.857. The molecule has 0 saturated carbocycles. The molecule has 0 saturated heterocycles. The van der Waals surface area contributed by atoms with Gasteiger partial charge in [-0.1, -0.05) is 0 Å². The Morgan fingerprint density at radius 3 is 2.38 bits per heavy atom. The van der Waals surface area contributed by atoms with E-state index in [-0.39, 0.29) is 1.45 Å². The summed E-state index contributed by atoms with van der Waals surface area (Å²) in [6.07, 6.45) is 0. The number of thiol groups is 1. The number of carboxylic acids is 1. The van der Waals surface area contributed by atoms with E-state index < -0.39 is 48.3 Å². The minimum absolute atomic E-state index is 0.180. The second kappa shape index (κ2) is 7.98. The van der Waals surface area contributed by atoms with Crippen molar-refractivity contribution >= 4 is 72.6 Å². The van der Waals surface area contributed by atoms with Gasteiger partial charge in [-0.2, -0.15) is 0 Å². The Morgan fingerprint density at radius 1 is 1.54 bits per heavy atom. The van der Waals surface area contributed by atoms with Gasteiger partial charge in [0.25, 0.3) is 0 Å². The summed E-state index contributed by atoms with van der Waals surface area (Å²) in [6, 6.07) is 0. The second-order valence-corrected chi connectivity index (χ2v) is 15.8. The normalized spacial score (nSPS) is 11.6. The van der Waals surface area contributed by atoms with Crippen LogP contribution in [0, 0.1) is 0 Å². The molecule has 1 N–H and O–H groups in total. The van der Waals surface area contributed by atoms with E-state index >= 15 is 0 Å². The zero-order valence-electron chi connectivity index (χ0n) is 7.83. The second-order valence-electron chi connectivity index (χ2n) is 2.49. The number of rotatable bonds is 7. The van der Waals surface area contributed by atoms with Gasteiger partial charge in [-0.25, -0.2) is 0 Å². The monoisotopic (exact) mass is 434 g/mol. The Bertz CT molecular complexity index is 163. The van der Waals surface area contributed by atoms with Crippen LogP contribution >= 0.6 is 24.4 Å². The summed E-state index contributed by atoms with van der Waals surface area (Å²) in [5.41, 5.74) is 0. The van der Waals surface area contributed by atoms with E-state index in [4.69, 9.17) is 0 Å². The molecule has 74 valence electrons. The van der Waals surface area contributed by atoms with Gasteiger partial charge in [-0.3, -0.25) is 0 Å². The summed E-state index contributed by atoms with van der Waals surface area (Å²) in [4.78, 5) is 15.4. The molecule has 6 heteroatoms. The molecular weight excluding hydrogens is 418 g/mol. The van der Waals surface area contributed by atoms with E-state index in [1.165, 1.54) is 0 Å². The molecule has 0 fully saturated rings. The van der Waals surface area contributed by atoms with E-state index in [2.05, 4.69) is 22.5 Å². The first-order chi connectivity index (χ1) is 6.13. The number of aliphatic carboxylic acids is 1. The summed E-state index contributed by atoms with van der Waals surface area (Å²) >= 11 is 4.50. The van der Waals surface area contributed by atoms with Crippen LogP contribution < -0.4 is 0 Å². The molecule has 0 aromatic heterocycles. The van der Waals surface area contributed by atoms with Crippen LogP contribution in [0.1, 0.15) is 0 Å². The predicted octanol–water partition coefficient (Wildman–Crippen LogP) is 1.35. The van der Waals surface area contributed by atoms with Crippen LogP contribution in [0.3, 0.4) is 0 Å². The van der Waals surface area contributed by atoms with Gasteiger partial charge >= 0.3 is 111 Å². The third-order valence-corrected chi connectivity index (χ3v) is 21.6. The molecule has 0 amide bonds. The third kappa shape index (κ3) is 4.88. The van der Waals surface area contributed by atoms with Crippen molar-refractivity contribution in [3.8, 4) is 0 Å². The molecule has 0 aliphatic carbocycles. The average molecular weight is 432 g/mol. The van der Waals surface area contributed by atoms with Crippen LogP contribution in [0.5, 0.6) is 0 Å². The van der Waals surface area contributed by atoms with Gasteiger partial charge in [0.05, 0.1) is 0 Å². The molecule has 0 spiro atoms. The van der Waals surface area contributed by atoms with Crippen LogP contribution in [0.2, 0.25) is 11.3 Å². The molecule has 4 radical (unpaired) electrons. The van der Waals surface area contributed by atoms with E-state index in [1.54, 1.807) is 11.8 Å². The maximum atomic E-state index is 11.1. The Kier molecular flexibility index (Phi) is 9.07. The SMILES string of the molecule is [CH3][Sn][C](CSCCS)([Sn][CH3])C(=O)O. The first kappa shape index (κ1) is 14.8. The van der Waals surface area contributed by atoms with Gasteiger partial charge in [-0.15, -0.1) is 0 Å². The zero-order chi connectivity index (χ0) is 10.3. The standard InChI is InChI=1S/C5H8O2S2.2CH3.2Sn/c6-5(7)1-3-9-4-2-8;;;;/h8H,2-4H2,(H,6,7);2*1H3;;. The van der Waals surface area contributed by atoms with Gasteiger partial charge in [-0.05, 0) is 0 Å². The molecule has 0 atom stereocenters. The molecule has 0 aromatic rings. The Morgan fingerprint density at radius 2 is 2.08 bits per heavy atom. The van der Waals surface area contributed by atoms with Crippen LogP contribution in [0.25, 0.3) is 0 Å². The van der Waals surface area contributed by atoms with E-state index in [0.717, 1.165) is 17.3 Å². The number of hydrogen-bond donors (Lipinski definition) is 2. The van der Waals surface area contributed by atoms with Crippen LogP contribution in [0.4, 0.5) is 0 Å². The van der Waals surface area contributed by atoms with E-state index in [1.807, 2.05) is 0 Å². The molecule has 0 heterocycles. The quantitative estimate of drug-likeness (QED) is 0.363. The van der Waals surface area contributed by atoms with Gasteiger partial charge < -0.3 is 0 Å². The number of carbonyl (C=O) groups is 1. The summed E-state index contributed by atoms with van der Waals surface area (Å²) in [5, 5.41) is 9.18. The Balaban J connectivity index is 4.14. The van der Waals surface area contributed by atoms with Crippen molar-refractivity contribution < 1.29 is 9.90 Å². The molecule has 0 unspecified atom stereocenters. The maximum absolute atomic E-state index is 11.1. The van der Waals surface area contributed by atoms with Crippen molar-refractivity contribution in [1.82, 2.24) is 0 Å². The molecule has 0 aliphatic heterocycles. The predicted molar refractivity (Wildman–Crippen MR) is 64.7 cm³/mol. The molecule has 0 rings (SSSR count). The molecule has 2 nitrogen and oxygen atoms in total. The van der Waals surface area contributed by atoms with Crippen LogP contribution in [-0.4, -0.2) is 70.6 Å². The van der Waals surface area contributed by atoms with E-state index in [0.29, 0.717) is 0 Å². The average Bonchev–Trinajstić information content (AvgIpc) is 2.13. The number of carboxylic acid groups (broad SMARTS) is 1. The van der Waals surface area contributed by atoms with Gasteiger partial charge in [0.15, 0.2) is 0 Å². The van der Waals surface area contributed by atoms with Gasteiger partial charge in [0.2, 0.25) is 0 Å². The summed E-state index contributed by atoms with van der Waals surface area (Å²) in [6.45, 7) is 0. The zero-order valence-corrected chi connectivity index (χ0v) is 15.3. The fourth-order valence-electron chi connectivity index (χ4n) is 0.835. The van der Waals surface area contributed by atoms with Gasteiger partial charge in [0, 0.05) is 0 Å². The number of hydrogen-bond acceptors (Lipinski definition) is 3. The van der Waals surface area contributed by atoms with Crippen molar-refractivity contribution in [3.05, 3.63) is 0 Å². The summed E-state index contributed by atoms with van der Waals surface area (Å²) < 4.78 is -0.180. The third-order valence-electron chi connectivity index (χ3n) is 1.77. The topological polar surface area (TPSA) is 37.3 Å². The van der Waals surface area contributed by atoms with E-state index in [9.17, 15) is 9.90 Å². The van der Waals surface area contributed by atoms with Crippen molar-refractivity contribution in [3.63, 3.8) is 0 Å². The van der Waals surface area contributed by atoms with Gasteiger partial charge in [0.1, 0.15) is 0 Å². The van der Waals surface area contributed by atoms with Crippen LogP contribution in [0.15, 0.2) is 0 Å². The van der Waals surface area contributed by atoms with Crippen molar-refractivity contribution in [1.29, 1.82) is 0 Å². The van der Waals surface area contributed by atoms with Crippen molar-refractivity contribution in [2.24, 2.45) is 0 Å². The summed E-state index contributed by atoms with van der Waals surface area (Å²) in [5.74, 6) is 2.18. The number of thioether (sulfide) groups is 1.